The molecule has 2 aliphatic heterocycles. The standard InChI is InChI=1S/C29H33IN10O3S/c1-43-25-19-22(38-13-9-21(10-14-38)39-15-17-40(18-16-39)29-31-11-4-12-32-29)7-8-23(25)35-27-33-20-34-28(37-27)36-24-5-2-3-6-26(24)44(30,41)42/h2-8,11-12,19-21H,9-10,13-18H2,1H3,(H2,33,34,35,36,37). The Morgan fingerprint density at radius 1 is 0.818 bits per heavy atom. The number of piperidine rings is 1. The Hall–Kier alpha value is -3.83. The number of nitrogens with zero attached hydrogens (tertiary/aromatic N) is 8. The molecule has 4 aromatic rings. The van der Waals surface area contributed by atoms with Crippen molar-refractivity contribution < 1.29 is 13.2 Å². The third kappa shape index (κ3) is 7.10. The highest BCUT2D eigenvalue weighted by Crippen LogP contribution is 2.33. The first kappa shape index (κ1) is 30.2. The van der Waals surface area contributed by atoms with E-state index in [4.69, 9.17) is 4.74 Å². The normalized spacial score (nSPS) is 16.5. The van der Waals surface area contributed by atoms with Crippen molar-refractivity contribution in [3.63, 3.8) is 0 Å². The van der Waals surface area contributed by atoms with E-state index in [2.05, 4.69) is 56.3 Å². The molecule has 2 fully saturated rings. The van der Waals surface area contributed by atoms with Crippen molar-refractivity contribution in [3.05, 3.63) is 67.3 Å². The minimum absolute atomic E-state index is 0.151. The largest absolute Gasteiger partial charge is 0.494 e. The zero-order valence-corrected chi connectivity index (χ0v) is 27.1. The Bertz CT molecular complexity index is 1680. The van der Waals surface area contributed by atoms with Crippen molar-refractivity contribution >= 4 is 63.1 Å². The number of rotatable bonds is 9. The molecule has 2 aliphatic rings. The van der Waals surface area contributed by atoms with Gasteiger partial charge in [0.15, 0.2) is 0 Å². The van der Waals surface area contributed by atoms with E-state index in [-0.39, 0.29) is 10.8 Å². The number of halogens is 1. The Balaban J connectivity index is 1.06. The Kier molecular flexibility index (Phi) is 9.22. The summed E-state index contributed by atoms with van der Waals surface area (Å²) >= 11 is 1.41. The van der Waals surface area contributed by atoms with Gasteiger partial charge in [0.1, 0.15) is 17.0 Å². The molecule has 4 heterocycles. The molecule has 15 heteroatoms. The number of ether oxygens (including phenoxy) is 1. The van der Waals surface area contributed by atoms with Crippen LogP contribution in [-0.4, -0.2) is 90.7 Å². The van der Waals surface area contributed by atoms with Crippen LogP contribution in [0.15, 0.2) is 72.1 Å². The minimum atomic E-state index is -3.46. The number of methoxy groups -OCH3 is 1. The molecule has 44 heavy (non-hydrogen) atoms. The molecular weight excluding hydrogens is 695 g/mol. The lowest BCUT2D eigenvalue weighted by Gasteiger charge is -2.43. The quantitative estimate of drug-likeness (QED) is 0.189. The van der Waals surface area contributed by atoms with Gasteiger partial charge < -0.3 is 25.2 Å². The number of aromatic nitrogens is 5. The molecule has 0 aliphatic carbocycles. The number of hydrogen-bond donors (Lipinski definition) is 2. The number of nitrogens with one attached hydrogen (secondary N) is 2. The molecule has 0 unspecified atom stereocenters. The van der Waals surface area contributed by atoms with Crippen LogP contribution < -0.4 is 25.2 Å². The van der Waals surface area contributed by atoms with Crippen molar-refractivity contribution in [3.8, 4) is 5.75 Å². The highest BCUT2D eigenvalue weighted by molar-refractivity contribution is 14.2. The van der Waals surface area contributed by atoms with E-state index in [1.165, 1.54) is 33.6 Å². The van der Waals surface area contributed by atoms with E-state index in [1.807, 2.05) is 18.2 Å². The molecule has 0 radical (unpaired) electrons. The lowest BCUT2D eigenvalue weighted by molar-refractivity contribution is 0.159. The third-order valence-corrected chi connectivity index (χ3v) is 10.2. The van der Waals surface area contributed by atoms with Gasteiger partial charge in [0.25, 0.3) is 0 Å². The topological polar surface area (TPSA) is 142 Å². The Morgan fingerprint density at radius 2 is 1.50 bits per heavy atom. The predicted octanol–water partition coefficient (Wildman–Crippen LogP) is 4.07. The molecule has 0 saturated carbocycles. The predicted molar refractivity (Wildman–Crippen MR) is 178 cm³/mol. The molecule has 2 aromatic heterocycles. The first-order chi connectivity index (χ1) is 21.4. The molecule has 0 atom stereocenters. The molecule has 2 N–H and O–H groups in total. The summed E-state index contributed by atoms with van der Waals surface area (Å²) in [6.45, 7) is 5.88. The number of piperazine rings is 1. The molecule has 2 aromatic carbocycles. The fraction of sp³-hybridized carbons (Fsp3) is 0.345. The number of para-hydroxylation sites is 1. The summed E-state index contributed by atoms with van der Waals surface area (Å²) in [5.41, 5.74) is 2.19. The monoisotopic (exact) mass is 728 g/mol. The first-order valence-electron chi connectivity index (χ1n) is 14.3. The lowest BCUT2D eigenvalue weighted by atomic mass is 10.0. The van der Waals surface area contributed by atoms with Crippen LogP contribution in [0.3, 0.4) is 0 Å². The fourth-order valence-electron chi connectivity index (χ4n) is 5.65. The molecule has 230 valence electrons. The van der Waals surface area contributed by atoms with E-state index in [9.17, 15) is 8.42 Å². The van der Waals surface area contributed by atoms with E-state index in [0.29, 0.717) is 29.1 Å². The maximum Gasteiger partial charge on any atom is 0.233 e. The van der Waals surface area contributed by atoms with E-state index >= 15 is 0 Å². The average molecular weight is 729 g/mol. The van der Waals surface area contributed by atoms with E-state index < -0.39 is 7.01 Å². The van der Waals surface area contributed by atoms with Gasteiger partial charge in [0.2, 0.25) is 24.9 Å². The zero-order valence-electron chi connectivity index (χ0n) is 24.2. The van der Waals surface area contributed by atoms with Gasteiger partial charge in [-0.3, -0.25) is 4.90 Å². The summed E-state index contributed by atoms with van der Waals surface area (Å²) in [6, 6.07) is 15.1. The molecule has 0 spiro atoms. The summed E-state index contributed by atoms with van der Waals surface area (Å²) in [7, 11) is -1.83. The smallest absolute Gasteiger partial charge is 0.233 e. The van der Waals surface area contributed by atoms with Crippen LogP contribution in [0, 0.1) is 0 Å². The highest BCUT2D eigenvalue weighted by Gasteiger charge is 2.28. The van der Waals surface area contributed by atoms with Crippen LogP contribution in [0.1, 0.15) is 12.8 Å². The van der Waals surface area contributed by atoms with Gasteiger partial charge in [-0.1, -0.05) is 12.1 Å². The molecule has 2 saturated heterocycles. The molecular formula is C29H33IN10O3S. The van der Waals surface area contributed by atoms with Crippen LogP contribution in [-0.2, 0) is 7.01 Å². The molecule has 0 bridgehead atoms. The van der Waals surface area contributed by atoms with Gasteiger partial charge in [-0.15, -0.1) is 0 Å². The Morgan fingerprint density at radius 3 is 2.18 bits per heavy atom. The number of anilines is 6. The van der Waals surface area contributed by atoms with E-state index in [1.54, 1.807) is 37.7 Å². The second-order valence-corrected chi connectivity index (χ2v) is 15.3. The van der Waals surface area contributed by atoms with Crippen molar-refractivity contribution in [1.29, 1.82) is 0 Å². The van der Waals surface area contributed by atoms with Crippen LogP contribution in [0.5, 0.6) is 5.75 Å². The fourth-order valence-corrected chi connectivity index (χ4v) is 7.43. The van der Waals surface area contributed by atoms with Gasteiger partial charge >= 0.3 is 0 Å². The van der Waals surface area contributed by atoms with Crippen LogP contribution in [0.2, 0.25) is 0 Å². The van der Waals surface area contributed by atoms with Gasteiger partial charge in [-0.25, -0.2) is 28.4 Å². The van der Waals surface area contributed by atoms with Crippen molar-refractivity contribution in [1.82, 2.24) is 29.8 Å². The van der Waals surface area contributed by atoms with Crippen LogP contribution in [0.25, 0.3) is 0 Å². The second-order valence-electron chi connectivity index (χ2n) is 10.5. The second kappa shape index (κ2) is 13.4. The average Bonchev–Trinajstić information content (AvgIpc) is 3.05. The van der Waals surface area contributed by atoms with E-state index in [0.717, 1.165) is 63.7 Å². The van der Waals surface area contributed by atoms with Gasteiger partial charge in [0.05, 0.1) is 39.7 Å². The maximum atomic E-state index is 12.2. The maximum absolute atomic E-state index is 12.2. The molecule has 13 nitrogen and oxygen atoms in total. The van der Waals surface area contributed by atoms with Gasteiger partial charge in [-0.2, -0.15) is 4.98 Å². The van der Waals surface area contributed by atoms with Crippen molar-refractivity contribution in [2.45, 2.75) is 23.8 Å². The zero-order chi connectivity index (χ0) is 30.5. The van der Waals surface area contributed by atoms with Gasteiger partial charge in [-0.05, 0) is 43.2 Å². The van der Waals surface area contributed by atoms with Crippen molar-refractivity contribution in [2.75, 3.05) is 66.8 Å². The summed E-state index contributed by atoms with van der Waals surface area (Å²) < 4.78 is 30.1. The number of hydrogen-bond acceptors (Lipinski definition) is 13. The van der Waals surface area contributed by atoms with Crippen LogP contribution in [0.4, 0.5) is 34.9 Å². The summed E-state index contributed by atoms with van der Waals surface area (Å²) in [6.07, 6.45) is 7.17. The summed E-state index contributed by atoms with van der Waals surface area (Å²) in [4.78, 5) is 29.0. The van der Waals surface area contributed by atoms with Crippen molar-refractivity contribution in [2.24, 2.45) is 0 Å². The number of benzene rings is 2. The van der Waals surface area contributed by atoms with Crippen LogP contribution >= 0.6 is 21.2 Å². The molecule has 0 amide bonds. The SMILES string of the molecule is COc1cc(N2CCC(N3CCN(c4ncccn4)CC3)CC2)ccc1Nc1ncnc(Nc2ccccc2S(=O)(=O)I)n1. The first-order valence-corrected chi connectivity index (χ1v) is 18.4. The molecule has 6 rings (SSSR count). The summed E-state index contributed by atoms with van der Waals surface area (Å²) in [5.74, 6) is 1.99. The lowest BCUT2D eigenvalue weighted by Crippen LogP contribution is -2.53. The third-order valence-electron chi connectivity index (χ3n) is 7.89. The van der Waals surface area contributed by atoms with Gasteiger partial charge in [0, 0.05) is 69.5 Å². The highest BCUT2D eigenvalue weighted by atomic mass is 127. The summed E-state index contributed by atoms with van der Waals surface area (Å²) in [5, 5.41) is 6.19. The Labute approximate surface area is 268 Å². The minimum Gasteiger partial charge on any atom is -0.494 e.